The summed E-state index contributed by atoms with van der Waals surface area (Å²) in [5.41, 5.74) is -0.311. The van der Waals surface area contributed by atoms with Crippen LogP contribution >= 0.6 is 11.3 Å². The maximum atomic E-state index is 12.2. The third-order valence-electron chi connectivity index (χ3n) is 2.89. The first-order valence-corrected chi connectivity index (χ1v) is 7.00. The Bertz CT molecular complexity index is 484. The molecule has 0 fully saturated rings. The quantitative estimate of drug-likeness (QED) is 0.842. The highest BCUT2D eigenvalue weighted by molar-refractivity contribution is 7.13. The number of carbonyl (C=O) groups is 2. The molecule has 6 heteroatoms. The molecule has 106 valence electrons. The zero-order chi connectivity index (χ0) is 14.6. The number of amides is 1. The second-order valence-corrected chi connectivity index (χ2v) is 5.88. The van der Waals surface area contributed by atoms with Gasteiger partial charge in [0.25, 0.3) is 5.91 Å². The van der Waals surface area contributed by atoms with Crippen LogP contribution in [0.4, 0.5) is 0 Å². The molecule has 0 bridgehead atoms. The molecule has 1 aromatic rings. The van der Waals surface area contributed by atoms with Crippen molar-refractivity contribution in [3.05, 3.63) is 15.6 Å². The van der Waals surface area contributed by atoms with Crippen molar-refractivity contribution in [1.29, 1.82) is 0 Å². The molecule has 0 aromatic carbocycles. The lowest BCUT2D eigenvalue weighted by Gasteiger charge is -2.27. The second-order valence-electron chi connectivity index (χ2n) is 4.68. The zero-order valence-corrected chi connectivity index (χ0v) is 12.8. The molecule has 0 aliphatic rings. The van der Waals surface area contributed by atoms with Crippen LogP contribution in [0.2, 0.25) is 0 Å². The Morgan fingerprint density at radius 1 is 1.42 bits per heavy atom. The summed E-state index contributed by atoms with van der Waals surface area (Å²) in [5, 5.41) is 3.60. The summed E-state index contributed by atoms with van der Waals surface area (Å²) in [7, 11) is 1.32. The van der Waals surface area contributed by atoms with E-state index in [1.165, 1.54) is 18.4 Å². The molecule has 0 saturated heterocycles. The maximum Gasteiger partial charge on any atom is 0.331 e. The minimum atomic E-state index is -0.995. The number of thiazole rings is 1. The van der Waals surface area contributed by atoms with E-state index in [1.54, 1.807) is 13.8 Å². The third-order valence-corrected chi connectivity index (χ3v) is 3.96. The van der Waals surface area contributed by atoms with Crippen molar-refractivity contribution in [2.45, 2.75) is 46.1 Å². The minimum Gasteiger partial charge on any atom is -0.467 e. The van der Waals surface area contributed by atoms with Gasteiger partial charge in [-0.3, -0.25) is 4.79 Å². The van der Waals surface area contributed by atoms with E-state index in [0.717, 1.165) is 11.4 Å². The number of aryl methyl sites for hydroxylation is 2. The molecule has 0 aliphatic heterocycles. The summed E-state index contributed by atoms with van der Waals surface area (Å²) in [4.78, 5) is 28.8. The number of aromatic nitrogens is 1. The molecule has 1 amide bonds. The van der Waals surface area contributed by atoms with E-state index in [4.69, 9.17) is 4.74 Å². The second kappa shape index (κ2) is 6.14. The van der Waals surface area contributed by atoms with Crippen molar-refractivity contribution in [3.63, 3.8) is 0 Å². The Labute approximate surface area is 117 Å². The Balaban J connectivity index is 2.94. The Hall–Kier alpha value is -1.43. The fourth-order valence-corrected chi connectivity index (χ4v) is 2.81. The van der Waals surface area contributed by atoms with Gasteiger partial charge in [-0.05, 0) is 27.2 Å². The molecule has 1 unspecified atom stereocenters. The molecule has 1 rings (SSSR count). The highest BCUT2D eigenvalue weighted by Crippen LogP contribution is 2.20. The molecule has 1 heterocycles. The van der Waals surface area contributed by atoms with Crippen LogP contribution in [-0.4, -0.2) is 29.5 Å². The van der Waals surface area contributed by atoms with Gasteiger partial charge >= 0.3 is 5.97 Å². The van der Waals surface area contributed by atoms with Gasteiger partial charge < -0.3 is 10.1 Å². The van der Waals surface area contributed by atoms with Gasteiger partial charge in [0.1, 0.15) is 10.4 Å². The lowest BCUT2D eigenvalue weighted by atomic mass is 9.96. The minimum absolute atomic E-state index is 0.274. The van der Waals surface area contributed by atoms with Crippen LogP contribution in [0.1, 0.15) is 47.1 Å². The summed E-state index contributed by atoms with van der Waals surface area (Å²) in [6.07, 6.45) is 1.30. The van der Waals surface area contributed by atoms with E-state index in [1.807, 2.05) is 13.8 Å². The highest BCUT2D eigenvalue weighted by atomic mass is 32.1. The first-order chi connectivity index (χ1) is 8.84. The van der Waals surface area contributed by atoms with Crippen LogP contribution in [0, 0.1) is 13.8 Å². The van der Waals surface area contributed by atoms with Crippen LogP contribution in [0.3, 0.4) is 0 Å². The van der Waals surface area contributed by atoms with Gasteiger partial charge in [0.05, 0.1) is 17.8 Å². The summed E-state index contributed by atoms with van der Waals surface area (Å²) in [5.74, 6) is -0.703. The molecule has 19 heavy (non-hydrogen) atoms. The number of methoxy groups -OCH3 is 1. The van der Waals surface area contributed by atoms with Gasteiger partial charge in [-0.25, -0.2) is 9.78 Å². The summed E-state index contributed by atoms with van der Waals surface area (Å²) < 4.78 is 4.77. The van der Waals surface area contributed by atoms with Crippen LogP contribution in [0.5, 0.6) is 0 Å². The fourth-order valence-electron chi connectivity index (χ4n) is 1.99. The number of esters is 1. The number of nitrogens with one attached hydrogen (secondary N) is 1. The van der Waals surface area contributed by atoms with Gasteiger partial charge in [0, 0.05) is 0 Å². The third kappa shape index (κ3) is 3.53. The number of ether oxygens (including phenoxy) is 1. The van der Waals surface area contributed by atoms with Crippen molar-refractivity contribution in [2.24, 2.45) is 0 Å². The molecule has 0 aliphatic carbocycles. The number of carbonyl (C=O) groups excluding carboxylic acids is 2. The van der Waals surface area contributed by atoms with Crippen molar-refractivity contribution in [3.8, 4) is 0 Å². The molecule has 0 saturated carbocycles. The molecule has 0 spiro atoms. The van der Waals surface area contributed by atoms with Gasteiger partial charge in [0.2, 0.25) is 0 Å². The van der Waals surface area contributed by atoms with Gasteiger partial charge in [-0.2, -0.15) is 0 Å². The standard InChI is InChI=1S/C13H20N2O3S/c1-6-7-13(4,12(17)18-5)15-11(16)10-8(2)14-9(3)19-10/h6-7H2,1-5H3,(H,15,16). The predicted molar refractivity (Wildman–Crippen MR) is 74.4 cm³/mol. The monoisotopic (exact) mass is 284 g/mol. The average Bonchev–Trinajstić information content (AvgIpc) is 2.67. The number of rotatable bonds is 5. The number of hydrogen-bond acceptors (Lipinski definition) is 5. The number of hydrogen-bond donors (Lipinski definition) is 1. The Morgan fingerprint density at radius 2 is 2.05 bits per heavy atom. The Kier molecular flexibility index (Phi) is 5.05. The van der Waals surface area contributed by atoms with Crippen molar-refractivity contribution < 1.29 is 14.3 Å². The molecule has 0 radical (unpaired) electrons. The lowest BCUT2D eigenvalue weighted by molar-refractivity contribution is -0.147. The topological polar surface area (TPSA) is 68.3 Å². The molecule has 1 N–H and O–H groups in total. The summed E-state index contributed by atoms with van der Waals surface area (Å²) >= 11 is 1.33. The van der Waals surface area contributed by atoms with E-state index in [-0.39, 0.29) is 5.91 Å². The zero-order valence-electron chi connectivity index (χ0n) is 12.0. The first kappa shape index (κ1) is 15.6. The van der Waals surface area contributed by atoms with Crippen LogP contribution in [0.25, 0.3) is 0 Å². The Morgan fingerprint density at radius 3 is 2.47 bits per heavy atom. The highest BCUT2D eigenvalue weighted by Gasteiger charge is 2.36. The van der Waals surface area contributed by atoms with Crippen molar-refractivity contribution in [1.82, 2.24) is 10.3 Å². The normalized spacial score (nSPS) is 13.7. The van der Waals surface area contributed by atoms with E-state index >= 15 is 0 Å². The van der Waals surface area contributed by atoms with Gasteiger partial charge in [-0.15, -0.1) is 11.3 Å². The molecular weight excluding hydrogens is 264 g/mol. The maximum absolute atomic E-state index is 12.2. The van der Waals surface area contributed by atoms with E-state index < -0.39 is 11.5 Å². The van der Waals surface area contributed by atoms with Gasteiger partial charge in [0.15, 0.2) is 0 Å². The molecular formula is C13H20N2O3S. The molecule has 1 atom stereocenters. The molecule has 1 aromatic heterocycles. The number of nitrogens with zero attached hydrogens (tertiary/aromatic N) is 1. The summed E-state index contributed by atoms with van der Waals surface area (Å²) in [6, 6.07) is 0. The van der Waals surface area contributed by atoms with E-state index in [9.17, 15) is 9.59 Å². The smallest absolute Gasteiger partial charge is 0.331 e. The summed E-state index contributed by atoms with van der Waals surface area (Å²) in [6.45, 7) is 7.27. The van der Waals surface area contributed by atoms with Crippen molar-refractivity contribution in [2.75, 3.05) is 7.11 Å². The lowest BCUT2D eigenvalue weighted by Crippen LogP contribution is -2.52. The SMILES string of the molecule is CCCC(C)(NC(=O)c1sc(C)nc1C)C(=O)OC. The fraction of sp³-hybridized carbons (Fsp3) is 0.615. The predicted octanol–water partition coefficient (Wildman–Crippen LogP) is 2.22. The van der Waals surface area contributed by atoms with E-state index in [0.29, 0.717) is 17.0 Å². The van der Waals surface area contributed by atoms with Crippen molar-refractivity contribution >= 4 is 23.2 Å². The van der Waals surface area contributed by atoms with Crippen LogP contribution in [0.15, 0.2) is 0 Å². The van der Waals surface area contributed by atoms with E-state index in [2.05, 4.69) is 10.3 Å². The van der Waals surface area contributed by atoms with Crippen LogP contribution in [-0.2, 0) is 9.53 Å². The first-order valence-electron chi connectivity index (χ1n) is 6.19. The average molecular weight is 284 g/mol. The molecule has 5 nitrogen and oxygen atoms in total. The largest absolute Gasteiger partial charge is 0.467 e. The van der Waals surface area contributed by atoms with Crippen LogP contribution < -0.4 is 5.32 Å². The van der Waals surface area contributed by atoms with Gasteiger partial charge in [-0.1, -0.05) is 13.3 Å².